The molecule has 0 amide bonds. The number of benzene rings is 7. The Morgan fingerprint density at radius 2 is 1.33 bits per heavy atom. The van der Waals surface area contributed by atoms with Gasteiger partial charge in [0.2, 0.25) is 0 Å². The largest absolute Gasteiger partial charge is 0.457 e. The predicted molar refractivity (Wildman–Crippen MR) is 207 cm³/mol. The summed E-state index contributed by atoms with van der Waals surface area (Å²) >= 11 is 0. The molecule has 1 atom stereocenters. The second-order valence-electron chi connectivity index (χ2n) is 13.9. The van der Waals surface area contributed by atoms with Gasteiger partial charge in [0.1, 0.15) is 17.3 Å². The van der Waals surface area contributed by atoms with E-state index >= 15 is 0 Å². The number of nitrogens with zero attached hydrogens (tertiary/aromatic N) is 1. The second kappa shape index (κ2) is 10.8. The van der Waals surface area contributed by atoms with Crippen LogP contribution < -0.4 is 10.1 Å². The van der Waals surface area contributed by atoms with Crippen LogP contribution in [0.1, 0.15) is 56.1 Å². The van der Waals surface area contributed by atoms with Gasteiger partial charge in [-0.05, 0) is 104 Å². The Kier molecular flexibility index (Phi) is 6.00. The number of hydrogen-bond acceptors (Lipinski definition) is 3. The van der Waals surface area contributed by atoms with Crippen molar-refractivity contribution >= 4 is 28.4 Å². The second-order valence-corrected chi connectivity index (χ2v) is 13.9. The summed E-state index contributed by atoms with van der Waals surface area (Å²) < 4.78 is 6.72. The zero-order valence-corrected chi connectivity index (χ0v) is 27.8. The standard InChI is InChI=1S/C48H32N2O/c1-2-12-30(13-3-1)42-29-43(35-26-32-16-10-14-31-15-11-17-33(27-35)46(31)32)50-47(49-42)34-24-25-45-41(28-34)48(40-22-8-9-23-44(40)51-45)38-20-6-4-18-36(38)37-19-5-7-21-39(37)48/h1-14,16-29,42H,15H2,(H,49,50). The van der Waals surface area contributed by atoms with Gasteiger partial charge in [0.25, 0.3) is 0 Å². The molecular formula is C48H32N2O. The van der Waals surface area contributed by atoms with Gasteiger partial charge in [-0.1, -0.05) is 127 Å². The fourth-order valence-corrected chi connectivity index (χ4v) is 8.99. The van der Waals surface area contributed by atoms with E-state index in [0.717, 1.165) is 57.3 Å². The van der Waals surface area contributed by atoms with E-state index in [-0.39, 0.29) is 6.04 Å². The lowest BCUT2D eigenvalue weighted by Gasteiger charge is -2.39. The zero-order chi connectivity index (χ0) is 33.5. The third-order valence-electron chi connectivity index (χ3n) is 11.1. The third-order valence-corrected chi connectivity index (χ3v) is 11.1. The lowest BCUT2D eigenvalue weighted by molar-refractivity contribution is 0.436. The van der Waals surface area contributed by atoms with Crippen LogP contribution in [0.25, 0.3) is 33.7 Å². The molecule has 3 nitrogen and oxygen atoms in total. The molecule has 51 heavy (non-hydrogen) atoms. The lowest BCUT2D eigenvalue weighted by Crippen LogP contribution is -2.33. The first-order chi connectivity index (χ1) is 25.3. The molecule has 0 saturated carbocycles. The smallest absolute Gasteiger partial charge is 0.133 e. The molecule has 0 saturated heterocycles. The highest BCUT2D eigenvalue weighted by Crippen LogP contribution is 2.62. The van der Waals surface area contributed by atoms with Crippen molar-refractivity contribution in [2.45, 2.75) is 17.9 Å². The molecule has 7 aromatic rings. The molecule has 7 aromatic carbocycles. The molecule has 2 heterocycles. The average molecular weight is 653 g/mol. The fraction of sp³-hybridized carbons (Fsp3) is 0.0625. The van der Waals surface area contributed by atoms with E-state index < -0.39 is 5.41 Å². The molecule has 2 aliphatic heterocycles. The maximum Gasteiger partial charge on any atom is 0.133 e. The summed E-state index contributed by atoms with van der Waals surface area (Å²) in [5.74, 6) is 2.60. The van der Waals surface area contributed by atoms with E-state index in [1.54, 1.807) is 0 Å². The topological polar surface area (TPSA) is 33.6 Å². The van der Waals surface area contributed by atoms with Crippen LogP contribution >= 0.6 is 0 Å². The Morgan fingerprint density at radius 1 is 0.608 bits per heavy atom. The summed E-state index contributed by atoms with van der Waals surface area (Å²) in [7, 11) is 0. The summed E-state index contributed by atoms with van der Waals surface area (Å²) in [6.45, 7) is 0. The number of allylic oxidation sites excluding steroid dienone is 1. The van der Waals surface area contributed by atoms with Crippen molar-refractivity contribution in [3.63, 3.8) is 0 Å². The first kappa shape index (κ1) is 28.4. The van der Waals surface area contributed by atoms with Gasteiger partial charge in [0.05, 0.1) is 11.5 Å². The van der Waals surface area contributed by atoms with E-state index in [0.29, 0.717) is 0 Å². The Bertz CT molecular complexity index is 2640. The molecular weight excluding hydrogens is 621 g/mol. The van der Waals surface area contributed by atoms with Crippen LogP contribution in [0.5, 0.6) is 11.5 Å². The average Bonchev–Trinajstić information content (AvgIpc) is 3.49. The first-order valence-electron chi connectivity index (χ1n) is 17.7. The summed E-state index contributed by atoms with van der Waals surface area (Å²) in [4.78, 5) is 5.40. The number of para-hydroxylation sites is 1. The third kappa shape index (κ3) is 4.09. The van der Waals surface area contributed by atoms with E-state index in [1.165, 1.54) is 44.2 Å². The quantitative estimate of drug-likeness (QED) is 0.206. The Labute approximate surface area is 296 Å². The Morgan fingerprint density at radius 3 is 2.16 bits per heavy atom. The Balaban J connectivity index is 1.11. The molecule has 11 rings (SSSR count). The fourth-order valence-electron chi connectivity index (χ4n) is 8.99. The molecule has 0 fully saturated rings. The zero-order valence-electron chi connectivity index (χ0n) is 27.8. The Hall–Kier alpha value is -6.45. The molecule has 0 bridgehead atoms. The van der Waals surface area contributed by atoms with Gasteiger partial charge < -0.3 is 10.1 Å². The van der Waals surface area contributed by atoms with Crippen molar-refractivity contribution in [2.75, 3.05) is 0 Å². The van der Waals surface area contributed by atoms with Crippen LogP contribution in [0.2, 0.25) is 0 Å². The maximum absolute atomic E-state index is 6.72. The SMILES string of the molecule is C1=Cc2cc(C3=CC(c4ccccc4)N=C(c4ccc5c(c4)C4(c6ccccc6O5)c5ccccc5-c5ccccc54)N3)cc3cccc(c23)C1. The number of rotatable bonds is 3. The minimum atomic E-state index is -0.537. The minimum Gasteiger partial charge on any atom is -0.457 e. The van der Waals surface area contributed by atoms with Gasteiger partial charge in [-0.2, -0.15) is 0 Å². The highest BCUT2D eigenvalue weighted by Gasteiger charge is 2.51. The van der Waals surface area contributed by atoms with Gasteiger partial charge in [-0.15, -0.1) is 0 Å². The molecule has 1 unspecified atom stereocenters. The summed E-state index contributed by atoms with van der Waals surface area (Å²) in [6, 6.07) is 54.6. The van der Waals surface area contributed by atoms with E-state index in [2.05, 4.69) is 175 Å². The van der Waals surface area contributed by atoms with Crippen molar-refractivity contribution in [2.24, 2.45) is 4.99 Å². The molecule has 4 aliphatic rings. The molecule has 0 aromatic heterocycles. The van der Waals surface area contributed by atoms with Crippen molar-refractivity contribution < 1.29 is 4.74 Å². The number of aliphatic imine (C=N–C) groups is 1. The number of hydrogen-bond donors (Lipinski definition) is 1. The maximum atomic E-state index is 6.72. The highest BCUT2D eigenvalue weighted by molar-refractivity contribution is 6.06. The number of fused-ring (bicyclic) bond motifs is 9. The minimum absolute atomic E-state index is 0.152. The van der Waals surface area contributed by atoms with Crippen LogP contribution in [0.4, 0.5) is 0 Å². The monoisotopic (exact) mass is 652 g/mol. The molecule has 2 aliphatic carbocycles. The van der Waals surface area contributed by atoms with E-state index in [1.807, 2.05) is 0 Å². The van der Waals surface area contributed by atoms with Gasteiger partial charge in [0, 0.05) is 22.4 Å². The summed E-state index contributed by atoms with van der Waals surface area (Å²) in [5.41, 5.74) is 13.9. The molecule has 1 N–H and O–H groups in total. The van der Waals surface area contributed by atoms with Gasteiger partial charge in [0.15, 0.2) is 0 Å². The molecule has 1 spiro atoms. The van der Waals surface area contributed by atoms with Gasteiger partial charge in [-0.3, -0.25) is 4.99 Å². The van der Waals surface area contributed by atoms with Crippen molar-refractivity contribution in [3.8, 4) is 22.6 Å². The lowest BCUT2D eigenvalue weighted by atomic mass is 9.66. The number of nitrogens with one attached hydrogen (secondary N) is 1. The van der Waals surface area contributed by atoms with Gasteiger partial charge >= 0.3 is 0 Å². The summed E-state index contributed by atoms with van der Waals surface area (Å²) in [5, 5.41) is 6.44. The molecule has 3 heteroatoms. The number of amidine groups is 1. The predicted octanol–water partition coefficient (Wildman–Crippen LogP) is 11.0. The van der Waals surface area contributed by atoms with Crippen LogP contribution in [-0.2, 0) is 11.8 Å². The molecule has 0 radical (unpaired) electrons. The van der Waals surface area contributed by atoms with Crippen LogP contribution in [0.15, 0.2) is 169 Å². The summed E-state index contributed by atoms with van der Waals surface area (Å²) in [6.07, 6.45) is 7.78. The van der Waals surface area contributed by atoms with E-state index in [4.69, 9.17) is 9.73 Å². The van der Waals surface area contributed by atoms with Crippen molar-refractivity contribution in [1.82, 2.24) is 5.32 Å². The van der Waals surface area contributed by atoms with Crippen LogP contribution in [0.3, 0.4) is 0 Å². The van der Waals surface area contributed by atoms with Crippen LogP contribution in [-0.4, -0.2) is 5.84 Å². The van der Waals surface area contributed by atoms with Gasteiger partial charge in [-0.25, -0.2) is 0 Å². The van der Waals surface area contributed by atoms with Crippen LogP contribution in [0, 0.1) is 0 Å². The molecule has 240 valence electrons. The normalized spacial score (nSPS) is 17.0. The van der Waals surface area contributed by atoms with E-state index in [9.17, 15) is 0 Å². The number of ether oxygens (including phenoxy) is 1. The van der Waals surface area contributed by atoms with Crippen molar-refractivity contribution in [3.05, 3.63) is 214 Å². The van der Waals surface area contributed by atoms with Crippen molar-refractivity contribution in [1.29, 1.82) is 0 Å². The highest BCUT2D eigenvalue weighted by atomic mass is 16.5. The first-order valence-corrected chi connectivity index (χ1v) is 17.7.